The van der Waals surface area contributed by atoms with Crippen LogP contribution in [-0.2, 0) is 17.5 Å². The fraction of sp³-hybridized carbons (Fsp3) is 0.333. The zero-order valence-corrected chi connectivity index (χ0v) is 19.6. The highest BCUT2D eigenvalue weighted by Gasteiger charge is 2.36. The van der Waals surface area contributed by atoms with Gasteiger partial charge in [0.1, 0.15) is 17.3 Å². The lowest BCUT2D eigenvalue weighted by Gasteiger charge is -2.17. The van der Waals surface area contributed by atoms with Crippen molar-refractivity contribution < 1.29 is 27.8 Å². The third kappa shape index (κ3) is 6.83. The molecule has 0 amide bonds. The molecule has 0 saturated heterocycles. The molecule has 0 fully saturated rings. The summed E-state index contributed by atoms with van der Waals surface area (Å²) in [5, 5.41) is 8.85. The molecule has 1 atom stereocenters. The highest BCUT2D eigenvalue weighted by molar-refractivity contribution is 9.10. The molecule has 0 radical (unpaired) electrons. The second-order valence-electron chi connectivity index (χ2n) is 7.86. The molecule has 0 bridgehead atoms. The van der Waals surface area contributed by atoms with Gasteiger partial charge in [-0.15, -0.1) is 0 Å². The summed E-state index contributed by atoms with van der Waals surface area (Å²) in [6.45, 7) is 2.14. The number of hydrogen-bond donors (Lipinski definition) is 1. The standard InChI is InChI=1S/C24H24BrF3N2O3/c1-16(13-22(31)32)5-4-12-33-20-7-3-2-6-18(20)15-30-21(24(26,27)28)14-29-23(30)17-8-10-19(25)11-9-17/h2-3,6-11,14,16H,4-5,12-13,15H2,1H3,(H,31,32)/t16-/m1/s1. The Bertz CT molecular complexity index is 1080. The van der Waals surface area contributed by atoms with E-state index in [9.17, 15) is 18.0 Å². The number of alkyl halides is 3. The molecular weight excluding hydrogens is 501 g/mol. The van der Waals surface area contributed by atoms with Gasteiger partial charge in [-0.2, -0.15) is 13.2 Å². The van der Waals surface area contributed by atoms with E-state index >= 15 is 0 Å². The number of carboxylic acids is 1. The largest absolute Gasteiger partial charge is 0.493 e. The number of carboxylic acid groups (broad SMARTS) is 1. The molecule has 9 heteroatoms. The predicted octanol–water partition coefficient (Wildman–Crippen LogP) is 6.65. The van der Waals surface area contributed by atoms with Crippen LogP contribution in [0.4, 0.5) is 13.2 Å². The Hall–Kier alpha value is -2.81. The van der Waals surface area contributed by atoms with Gasteiger partial charge in [-0.3, -0.25) is 4.79 Å². The predicted molar refractivity (Wildman–Crippen MR) is 122 cm³/mol. The van der Waals surface area contributed by atoms with Crippen molar-refractivity contribution in [1.29, 1.82) is 0 Å². The molecule has 0 spiro atoms. The average molecular weight is 525 g/mol. The van der Waals surface area contributed by atoms with E-state index in [4.69, 9.17) is 9.84 Å². The Kier molecular flexibility index (Phi) is 8.18. The third-order valence-electron chi connectivity index (χ3n) is 5.17. The highest BCUT2D eigenvalue weighted by atomic mass is 79.9. The summed E-state index contributed by atoms with van der Waals surface area (Å²) in [5.41, 5.74) is 0.329. The molecule has 0 aliphatic rings. The van der Waals surface area contributed by atoms with Crippen LogP contribution in [0.3, 0.4) is 0 Å². The van der Waals surface area contributed by atoms with Crippen LogP contribution in [0.2, 0.25) is 0 Å². The monoisotopic (exact) mass is 524 g/mol. The van der Waals surface area contributed by atoms with Crippen LogP contribution in [0, 0.1) is 5.92 Å². The van der Waals surface area contributed by atoms with Crippen molar-refractivity contribution in [2.45, 2.75) is 38.9 Å². The second-order valence-corrected chi connectivity index (χ2v) is 8.77. The van der Waals surface area contributed by atoms with E-state index in [0.29, 0.717) is 36.3 Å². The van der Waals surface area contributed by atoms with Crippen molar-refractivity contribution in [2.75, 3.05) is 6.61 Å². The van der Waals surface area contributed by atoms with Crippen molar-refractivity contribution in [2.24, 2.45) is 5.92 Å². The van der Waals surface area contributed by atoms with Crippen LogP contribution in [0.25, 0.3) is 11.4 Å². The lowest BCUT2D eigenvalue weighted by atomic mass is 10.0. The molecule has 1 heterocycles. The Morgan fingerprint density at radius 1 is 1.18 bits per heavy atom. The van der Waals surface area contributed by atoms with Crippen molar-refractivity contribution in [3.05, 3.63) is 70.5 Å². The summed E-state index contributed by atoms with van der Waals surface area (Å²) >= 11 is 3.33. The number of rotatable bonds is 10. The first-order chi connectivity index (χ1) is 15.6. The van der Waals surface area contributed by atoms with Gasteiger partial charge in [0.15, 0.2) is 0 Å². The van der Waals surface area contributed by atoms with Crippen LogP contribution in [0.1, 0.15) is 37.4 Å². The average Bonchev–Trinajstić information content (AvgIpc) is 3.16. The van der Waals surface area contributed by atoms with Gasteiger partial charge in [-0.25, -0.2) is 4.98 Å². The Morgan fingerprint density at radius 2 is 1.88 bits per heavy atom. The van der Waals surface area contributed by atoms with Gasteiger partial charge in [0, 0.05) is 22.0 Å². The summed E-state index contributed by atoms with van der Waals surface area (Å²) in [5.74, 6) is -0.106. The molecular formula is C24H24BrF3N2O3. The minimum absolute atomic E-state index is 0.0232. The van der Waals surface area contributed by atoms with Crippen molar-refractivity contribution >= 4 is 21.9 Å². The van der Waals surface area contributed by atoms with E-state index in [1.807, 2.05) is 6.92 Å². The highest BCUT2D eigenvalue weighted by Crippen LogP contribution is 2.34. The van der Waals surface area contributed by atoms with Gasteiger partial charge in [0.2, 0.25) is 0 Å². The third-order valence-corrected chi connectivity index (χ3v) is 5.70. The van der Waals surface area contributed by atoms with Crippen LogP contribution in [0.15, 0.2) is 59.2 Å². The van der Waals surface area contributed by atoms with E-state index in [0.717, 1.165) is 15.2 Å². The molecule has 1 N–H and O–H groups in total. The van der Waals surface area contributed by atoms with Crippen LogP contribution in [0.5, 0.6) is 5.75 Å². The minimum Gasteiger partial charge on any atom is -0.493 e. The number of benzene rings is 2. The summed E-state index contributed by atoms with van der Waals surface area (Å²) in [7, 11) is 0. The topological polar surface area (TPSA) is 64.4 Å². The number of para-hydroxylation sites is 1. The molecule has 0 aliphatic carbocycles. The number of hydrogen-bond acceptors (Lipinski definition) is 3. The molecule has 1 aromatic heterocycles. The first-order valence-corrected chi connectivity index (χ1v) is 11.3. The number of imidazole rings is 1. The van der Waals surface area contributed by atoms with Crippen molar-refractivity contribution in [3.63, 3.8) is 0 Å². The lowest BCUT2D eigenvalue weighted by molar-refractivity contribution is -0.143. The summed E-state index contributed by atoms with van der Waals surface area (Å²) in [4.78, 5) is 14.8. The number of nitrogens with zero attached hydrogens (tertiary/aromatic N) is 2. The fourth-order valence-electron chi connectivity index (χ4n) is 3.55. The van der Waals surface area contributed by atoms with Crippen LogP contribution in [-0.4, -0.2) is 27.2 Å². The van der Waals surface area contributed by atoms with Gasteiger partial charge in [-0.1, -0.05) is 53.2 Å². The first kappa shape index (κ1) is 24.8. The minimum atomic E-state index is -4.56. The number of carbonyl (C=O) groups is 1. The zero-order valence-electron chi connectivity index (χ0n) is 18.0. The molecule has 176 valence electrons. The molecule has 3 rings (SSSR count). The summed E-state index contributed by atoms with van der Waals surface area (Å²) in [6, 6.07) is 13.9. The molecule has 0 saturated carbocycles. The molecule has 0 unspecified atom stereocenters. The van der Waals surface area contributed by atoms with E-state index in [1.54, 1.807) is 48.5 Å². The van der Waals surface area contributed by atoms with Gasteiger partial charge in [-0.05, 0) is 37.0 Å². The molecule has 3 aromatic rings. The summed E-state index contributed by atoms with van der Waals surface area (Å²) in [6.07, 6.45) is -2.29. The molecule has 33 heavy (non-hydrogen) atoms. The van der Waals surface area contributed by atoms with Gasteiger partial charge < -0.3 is 14.4 Å². The number of aromatic nitrogens is 2. The van der Waals surface area contributed by atoms with Gasteiger partial charge >= 0.3 is 12.1 Å². The SMILES string of the molecule is C[C@H](CCCOc1ccccc1Cn1c(C(F)(F)F)cnc1-c1ccc(Br)cc1)CC(=O)O. The fourth-order valence-corrected chi connectivity index (χ4v) is 3.82. The molecule has 5 nitrogen and oxygen atoms in total. The maximum absolute atomic E-state index is 13.7. The molecule has 2 aromatic carbocycles. The normalized spacial score (nSPS) is 12.5. The summed E-state index contributed by atoms with van der Waals surface area (Å²) < 4.78 is 49.0. The van der Waals surface area contributed by atoms with Crippen LogP contribution >= 0.6 is 15.9 Å². The Labute approximate surface area is 198 Å². The van der Waals surface area contributed by atoms with Gasteiger partial charge in [0.05, 0.1) is 19.3 Å². The van der Waals surface area contributed by atoms with Gasteiger partial charge in [0.25, 0.3) is 0 Å². The molecule has 0 aliphatic heterocycles. The quantitative estimate of drug-likeness (QED) is 0.301. The first-order valence-electron chi connectivity index (χ1n) is 10.5. The lowest BCUT2D eigenvalue weighted by Crippen LogP contribution is -2.15. The van der Waals surface area contributed by atoms with E-state index in [2.05, 4.69) is 20.9 Å². The maximum Gasteiger partial charge on any atom is 0.433 e. The Balaban J connectivity index is 1.81. The van der Waals surface area contributed by atoms with E-state index in [-0.39, 0.29) is 24.7 Å². The van der Waals surface area contributed by atoms with Crippen LogP contribution < -0.4 is 4.74 Å². The number of ether oxygens (including phenoxy) is 1. The Morgan fingerprint density at radius 3 is 2.55 bits per heavy atom. The van der Waals surface area contributed by atoms with E-state index < -0.39 is 17.8 Å². The number of halogens is 4. The smallest absolute Gasteiger partial charge is 0.433 e. The maximum atomic E-state index is 13.7. The van der Waals surface area contributed by atoms with Crippen molar-refractivity contribution in [3.8, 4) is 17.1 Å². The number of aliphatic carboxylic acids is 1. The van der Waals surface area contributed by atoms with E-state index in [1.165, 1.54) is 0 Å². The van der Waals surface area contributed by atoms with Crippen molar-refractivity contribution in [1.82, 2.24) is 9.55 Å². The zero-order chi connectivity index (χ0) is 24.0. The second kappa shape index (κ2) is 10.9.